The highest BCUT2D eigenvalue weighted by molar-refractivity contribution is 5.76. The van der Waals surface area contributed by atoms with Gasteiger partial charge in [-0.15, -0.1) is 0 Å². The normalized spacial score (nSPS) is 32.7. The fourth-order valence-corrected chi connectivity index (χ4v) is 5.03. The van der Waals surface area contributed by atoms with E-state index in [1.807, 2.05) is 19.1 Å². The monoisotopic (exact) mass is 382 g/mol. The predicted molar refractivity (Wildman–Crippen MR) is 107 cm³/mol. The first-order valence-electron chi connectivity index (χ1n) is 10.3. The Balaban J connectivity index is 1.42. The van der Waals surface area contributed by atoms with Gasteiger partial charge in [0.2, 0.25) is 0 Å². The number of aromatic nitrogens is 1. The Morgan fingerprint density at radius 1 is 1.39 bits per heavy atom. The second kappa shape index (κ2) is 7.45. The van der Waals surface area contributed by atoms with Gasteiger partial charge in [-0.2, -0.15) is 0 Å². The van der Waals surface area contributed by atoms with Crippen molar-refractivity contribution in [3.05, 3.63) is 52.9 Å². The lowest BCUT2D eigenvalue weighted by molar-refractivity contribution is -0.145. The first kappa shape index (κ1) is 19.3. The van der Waals surface area contributed by atoms with Crippen LogP contribution in [0.2, 0.25) is 0 Å². The van der Waals surface area contributed by atoms with E-state index in [0.717, 1.165) is 30.5 Å². The minimum absolute atomic E-state index is 0.0230. The highest BCUT2D eigenvalue weighted by Gasteiger charge is 2.50. The van der Waals surface area contributed by atoms with Crippen LogP contribution < -0.4 is 5.32 Å². The van der Waals surface area contributed by atoms with Crippen molar-refractivity contribution >= 4 is 5.97 Å². The first-order valence-corrected chi connectivity index (χ1v) is 10.3. The van der Waals surface area contributed by atoms with Gasteiger partial charge in [0.15, 0.2) is 0 Å². The second-order valence-corrected chi connectivity index (χ2v) is 8.84. The number of carbonyl (C=O) groups is 1. The molecule has 5 atom stereocenters. The van der Waals surface area contributed by atoms with Crippen molar-refractivity contribution in [1.29, 1.82) is 0 Å². The summed E-state index contributed by atoms with van der Waals surface area (Å²) in [6, 6.07) is 3.78. The number of hydrogen-bond acceptors (Lipinski definition) is 5. The molecule has 0 spiro atoms. The molecule has 150 valence electrons. The van der Waals surface area contributed by atoms with E-state index in [2.05, 4.69) is 36.3 Å². The van der Waals surface area contributed by atoms with Gasteiger partial charge >= 0.3 is 5.97 Å². The summed E-state index contributed by atoms with van der Waals surface area (Å²) in [6.07, 6.45) is 8.78. The topological polar surface area (TPSA) is 71.5 Å². The Bertz CT molecular complexity index is 814. The third-order valence-electron chi connectivity index (χ3n) is 6.72. The molecule has 1 fully saturated rings. The summed E-state index contributed by atoms with van der Waals surface area (Å²) in [5.74, 6) is -0.197. The molecule has 2 N–H and O–H groups in total. The van der Waals surface area contributed by atoms with E-state index in [4.69, 9.17) is 4.74 Å². The van der Waals surface area contributed by atoms with E-state index in [-0.39, 0.29) is 29.3 Å². The van der Waals surface area contributed by atoms with Crippen LogP contribution in [0, 0.1) is 24.2 Å². The quantitative estimate of drug-likeness (QED) is 0.765. The number of aliphatic hydroxyl groups excluding tert-OH is 1. The summed E-state index contributed by atoms with van der Waals surface area (Å²) in [5, 5.41) is 13.6. The van der Waals surface area contributed by atoms with Crippen molar-refractivity contribution in [3.8, 4) is 0 Å². The summed E-state index contributed by atoms with van der Waals surface area (Å²) in [6.45, 7) is 7.31. The van der Waals surface area contributed by atoms with Crippen molar-refractivity contribution in [2.45, 2.75) is 52.2 Å². The van der Waals surface area contributed by atoms with E-state index < -0.39 is 6.10 Å². The van der Waals surface area contributed by atoms with Crippen LogP contribution in [0.3, 0.4) is 0 Å². The maximum atomic E-state index is 12.5. The van der Waals surface area contributed by atoms with Gasteiger partial charge in [0.1, 0.15) is 6.10 Å². The molecular formula is C23H30N2O3. The number of rotatable bonds is 5. The van der Waals surface area contributed by atoms with Crippen molar-refractivity contribution < 1.29 is 14.6 Å². The number of pyridine rings is 1. The molecule has 0 aromatic carbocycles. The molecule has 1 aliphatic heterocycles. The zero-order valence-corrected chi connectivity index (χ0v) is 16.9. The number of nitrogens with one attached hydrogen (secondary N) is 1. The van der Waals surface area contributed by atoms with Gasteiger partial charge < -0.3 is 15.2 Å². The lowest BCUT2D eigenvalue weighted by Crippen LogP contribution is -2.38. The zero-order valence-electron chi connectivity index (χ0n) is 16.9. The maximum Gasteiger partial charge on any atom is 0.311 e. The van der Waals surface area contributed by atoms with Gasteiger partial charge in [0.05, 0.1) is 12.0 Å². The standard InChI is InChI=1S/C23H30N2O3/c1-14-5-4-8-23(3)10-21-17(9-19(14)23)18(22(27)28-21)12-24-13-20(26)16-7-6-15(2)25-11-16/h5-7,9,11,17-18,20-21,24,26H,4,8,10,12-13H2,1-3H3. The Hall–Kier alpha value is -1.98. The van der Waals surface area contributed by atoms with Gasteiger partial charge in [-0.1, -0.05) is 30.7 Å². The van der Waals surface area contributed by atoms with Crippen molar-refractivity contribution in [1.82, 2.24) is 10.3 Å². The zero-order chi connectivity index (χ0) is 19.9. The Kier molecular flexibility index (Phi) is 5.15. The number of aliphatic hydroxyl groups is 1. The second-order valence-electron chi connectivity index (χ2n) is 8.84. The van der Waals surface area contributed by atoms with Crippen molar-refractivity contribution in [2.75, 3.05) is 13.1 Å². The van der Waals surface area contributed by atoms with Gasteiger partial charge in [0, 0.05) is 36.5 Å². The van der Waals surface area contributed by atoms with Crippen LogP contribution in [-0.4, -0.2) is 35.3 Å². The van der Waals surface area contributed by atoms with Gasteiger partial charge in [-0.05, 0) is 50.2 Å². The SMILES string of the molecule is CC1=CCCC2(C)CC3OC(=O)C(CNCC(O)c4ccc(C)nc4)C3C=C12. The summed E-state index contributed by atoms with van der Waals surface area (Å²) in [4.78, 5) is 16.8. The predicted octanol–water partition coefficient (Wildman–Crippen LogP) is 3.25. The molecule has 0 amide bonds. The first-order chi connectivity index (χ1) is 13.4. The van der Waals surface area contributed by atoms with E-state index in [0.29, 0.717) is 13.1 Å². The van der Waals surface area contributed by atoms with Gasteiger partial charge in [0.25, 0.3) is 0 Å². The molecular weight excluding hydrogens is 352 g/mol. The number of esters is 1. The Morgan fingerprint density at radius 3 is 2.96 bits per heavy atom. The van der Waals surface area contributed by atoms with E-state index in [1.165, 1.54) is 11.1 Å². The van der Waals surface area contributed by atoms with E-state index in [1.54, 1.807) is 6.20 Å². The number of hydrogen-bond donors (Lipinski definition) is 2. The molecule has 0 bridgehead atoms. The average molecular weight is 383 g/mol. The van der Waals surface area contributed by atoms with Crippen LogP contribution in [0.25, 0.3) is 0 Å². The Labute approximate surface area is 166 Å². The molecule has 2 aliphatic carbocycles. The summed E-state index contributed by atoms with van der Waals surface area (Å²) in [5.41, 5.74) is 4.57. The highest BCUT2D eigenvalue weighted by Crippen LogP contribution is 2.52. The number of allylic oxidation sites excluding steroid dienone is 3. The minimum atomic E-state index is -0.641. The molecule has 2 heterocycles. The summed E-state index contributed by atoms with van der Waals surface area (Å²) in [7, 11) is 0. The summed E-state index contributed by atoms with van der Waals surface area (Å²) >= 11 is 0. The number of fused-ring (bicyclic) bond motifs is 2. The van der Waals surface area contributed by atoms with Crippen LogP contribution in [0.15, 0.2) is 41.6 Å². The van der Waals surface area contributed by atoms with Crippen LogP contribution in [0.4, 0.5) is 0 Å². The van der Waals surface area contributed by atoms with Crippen LogP contribution in [0.5, 0.6) is 0 Å². The lowest BCUT2D eigenvalue weighted by atomic mass is 9.62. The third kappa shape index (κ3) is 3.53. The van der Waals surface area contributed by atoms with E-state index >= 15 is 0 Å². The van der Waals surface area contributed by atoms with Crippen molar-refractivity contribution in [3.63, 3.8) is 0 Å². The molecule has 3 aliphatic rings. The van der Waals surface area contributed by atoms with Crippen LogP contribution in [0.1, 0.15) is 50.5 Å². The average Bonchev–Trinajstić information content (AvgIpc) is 2.94. The molecule has 4 rings (SSSR count). The number of aryl methyl sites for hydroxylation is 1. The van der Waals surface area contributed by atoms with Gasteiger partial charge in [-0.3, -0.25) is 9.78 Å². The van der Waals surface area contributed by atoms with Crippen LogP contribution >= 0.6 is 0 Å². The lowest BCUT2D eigenvalue weighted by Gasteiger charge is -2.42. The minimum Gasteiger partial charge on any atom is -0.461 e. The molecule has 0 radical (unpaired) electrons. The molecule has 0 saturated carbocycles. The molecule has 1 aromatic heterocycles. The Morgan fingerprint density at radius 2 is 2.21 bits per heavy atom. The molecule has 5 nitrogen and oxygen atoms in total. The number of carbonyl (C=O) groups excluding carboxylic acids is 1. The third-order valence-corrected chi connectivity index (χ3v) is 6.72. The molecule has 28 heavy (non-hydrogen) atoms. The number of nitrogens with zero attached hydrogens (tertiary/aromatic N) is 1. The molecule has 5 unspecified atom stereocenters. The van der Waals surface area contributed by atoms with E-state index in [9.17, 15) is 9.90 Å². The molecule has 1 aromatic rings. The largest absolute Gasteiger partial charge is 0.461 e. The van der Waals surface area contributed by atoms with Crippen LogP contribution in [-0.2, 0) is 9.53 Å². The smallest absolute Gasteiger partial charge is 0.311 e. The molecule has 5 heteroatoms. The molecule has 1 saturated heterocycles. The fourth-order valence-electron chi connectivity index (χ4n) is 5.03. The maximum absolute atomic E-state index is 12.5. The van der Waals surface area contributed by atoms with Crippen molar-refractivity contribution in [2.24, 2.45) is 17.3 Å². The fraction of sp³-hybridized carbons (Fsp3) is 0.565. The highest BCUT2D eigenvalue weighted by atomic mass is 16.6. The summed E-state index contributed by atoms with van der Waals surface area (Å²) < 4.78 is 5.77. The van der Waals surface area contributed by atoms with Gasteiger partial charge in [-0.25, -0.2) is 0 Å². The number of ether oxygens (including phenoxy) is 1.